The summed E-state index contributed by atoms with van der Waals surface area (Å²) >= 11 is 0. The quantitative estimate of drug-likeness (QED) is 0.744. The van der Waals surface area contributed by atoms with Crippen LogP contribution in [0.1, 0.15) is 59.3 Å². The highest BCUT2D eigenvalue weighted by Gasteiger charge is 2.39. The van der Waals surface area contributed by atoms with Crippen molar-refractivity contribution in [3.63, 3.8) is 0 Å². The van der Waals surface area contributed by atoms with Crippen molar-refractivity contribution in [1.82, 2.24) is 4.90 Å². The lowest BCUT2D eigenvalue weighted by Gasteiger charge is -2.42. The molecule has 0 amide bonds. The summed E-state index contributed by atoms with van der Waals surface area (Å²) in [6, 6.07) is 0. The van der Waals surface area contributed by atoms with E-state index in [1.807, 2.05) is 0 Å². The Labute approximate surface area is 105 Å². The fraction of sp³-hybridized carbons (Fsp3) is 0.929. The molecular weight excluding hydrogens is 214 g/mol. The average Bonchev–Trinajstić information content (AvgIpc) is 2.81. The van der Waals surface area contributed by atoms with E-state index in [0.29, 0.717) is 12.3 Å². The minimum absolute atomic E-state index is 0.0994. The van der Waals surface area contributed by atoms with Gasteiger partial charge in [0.25, 0.3) is 0 Å². The number of hydrogen-bond acceptors (Lipinski definition) is 2. The van der Waals surface area contributed by atoms with Crippen molar-refractivity contribution < 1.29 is 9.90 Å². The van der Waals surface area contributed by atoms with Crippen LogP contribution in [0.5, 0.6) is 0 Å². The maximum atomic E-state index is 11.2. The van der Waals surface area contributed by atoms with E-state index in [4.69, 9.17) is 0 Å². The normalized spacial score (nSPS) is 22.3. The van der Waals surface area contributed by atoms with Crippen molar-refractivity contribution >= 4 is 5.97 Å². The molecular formula is C14H27NO2. The van der Waals surface area contributed by atoms with Crippen molar-refractivity contribution in [2.24, 2.45) is 5.92 Å². The molecule has 0 aromatic carbocycles. The molecule has 0 spiro atoms. The molecule has 0 radical (unpaired) electrons. The zero-order valence-corrected chi connectivity index (χ0v) is 11.5. The lowest BCUT2D eigenvalue weighted by molar-refractivity contribution is -0.140. The van der Waals surface area contributed by atoms with Crippen LogP contribution >= 0.6 is 0 Å². The van der Waals surface area contributed by atoms with E-state index >= 15 is 0 Å². The van der Waals surface area contributed by atoms with Crippen molar-refractivity contribution in [1.29, 1.82) is 0 Å². The molecule has 0 saturated carbocycles. The molecule has 1 saturated heterocycles. The summed E-state index contributed by atoms with van der Waals surface area (Å²) in [4.78, 5) is 13.6. The first kappa shape index (κ1) is 14.5. The van der Waals surface area contributed by atoms with Gasteiger partial charge in [0.05, 0.1) is 6.42 Å². The minimum atomic E-state index is -0.651. The SMILES string of the molecule is CCC(C)CC(CC)(CC(=O)O)N1CCCC1. The van der Waals surface area contributed by atoms with Crippen LogP contribution in [0.2, 0.25) is 0 Å². The van der Waals surface area contributed by atoms with Gasteiger partial charge < -0.3 is 5.11 Å². The third-order valence-electron chi connectivity index (χ3n) is 4.34. The molecule has 1 aliphatic heterocycles. The number of likely N-dealkylation sites (tertiary alicyclic amines) is 1. The van der Waals surface area contributed by atoms with Gasteiger partial charge in [-0.25, -0.2) is 0 Å². The number of aliphatic carboxylic acids is 1. The largest absolute Gasteiger partial charge is 0.481 e. The molecule has 1 fully saturated rings. The Morgan fingerprint density at radius 2 is 1.94 bits per heavy atom. The van der Waals surface area contributed by atoms with Crippen LogP contribution in [0, 0.1) is 5.92 Å². The zero-order chi connectivity index (χ0) is 12.9. The Bertz CT molecular complexity index is 249. The van der Waals surface area contributed by atoms with E-state index in [9.17, 15) is 9.90 Å². The lowest BCUT2D eigenvalue weighted by atomic mass is 9.80. The Morgan fingerprint density at radius 1 is 1.35 bits per heavy atom. The molecule has 2 unspecified atom stereocenters. The Hall–Kier alpha value is -0.570. The van der Waals surface area contributed by atoms with Crippen LogP contribution < -0.4 is 0 Å². The maximum absolute atomic E-state index is 11.2. The smallest absolute Gasteiger partial charge is 0.305 e. The molecule has 2 atom stereocenters. The van der Waals surface area contributed by atoms with Crippen molar-refractivity contribution in [3.8, 4) is 0 Å². The highest BCUT2D eigenvalue weighted by molar-refractivity contribution is 5.68. The van der Waals surface area contributed by atoms with E-state index < -0.39 is 5.97 Å². The number of nitrogens with zero attached hydrogens (tertiary/aromatic N) is 1. The predicted octanol–water partition coefficient (Wildman–Crippen LogP) is 3.14. The van der Waals surface area contributed by atoms with Crippen LogP contribution in [0.3, 0.4) is 0 Å². The first-order chi connectivity index (χ1) is 8.04. The highest BCUT2D eigenvalue weighted by Crippen LogP contribution is 2.35. The van der Waals surface area contributed by atoms with Crippen LogP contribution in [0.15, 0.2) is 0 Å². The molecule has 3 nitrogen and oxygen atoms in total. The Kier molecular flexibility index (Phi) is 5.44. The molecule has 0 aromatic rings. The average molecular weight is 241 g/mol. The van der Waals surface area contributed by atoms with E-state index in [0.717, 1.165) is 32.4 Å². The molecule has 3 heteroatoms. The second-order valence-electron chi connectivity index (χ2n) is 5.56. The van der Waals surface area contributed by atoms with Crippen molar-refractivity contribution in [2.75, 3.05) is 13.1 Å². The fourth-order valence-corrected chi connectivity index (χ4v) is 3.07. The molecule has 0 aliphatic carbocycles. The van der Waals surface area contributed by atoms with Gasteiger partial charge in [-0.05, 0) is 44.7 Å². The summed E-state index contributed by atoms with van der Waals surface area (Å²) in [6.45, 7) is 8.73. The third-order valence-corrected chi connectivity index (χ3v) is 4.34. The van der Waals surface area contributed by atoms with Gasteiger partial charge in [-0.15, -0.1) is 0 Å². The van der Waals surface area contributed by atoms with Gasteiger partial charge in [-0.1, -0.05) is 27.2 Å². The molecule has 1 heterocycles. The number of hydrogen-bond donors (Lipinski definition) is 1. The monoisotopic (exact) mass is 241 g/mol. The predicted molar refractivity (Wildman–Crippen MR) is 70.2 cm³/mol. The van der Waals surface area contributed by atoms with Crippen LogP contribution in [-0.2, 0) is 4.79 Å². The molecule has 17 heavy (non-hydrogen) atoms. The molecule has 1 N–H and O–H groups in total. The maximum Gasteiger partial charge on any atom is 0.305 e. The van der Waals surface area contributed by atoms with Crippen LogP contribution in [0.25, 0.3) is 0 Å². The third kappa shape index (κ3) is 3.70. The van der Waals surface area contributed by atoms with Gasteiger partial charge in [-0.3, -0.25) is 9.69 Å². The van der Waals surface area contributed by atoms with Gasteiger partial charge in [0, 0.05) is 5.54 Å². The summed E-state index contributed by atoms with van der Waals surface area (Å²) < 4.78 is 0. The van der Waals surface area contributed by atoms with E-state index in [1.165, 1.54) is 12.8 Å². The fourth-order valence-electron chi connectivity index (χ4n) is 3.07. The van der Waals surface area contributed by atoms with Gasteiger partial charge in [0.15, 0.2) is 0 Å². The van der Waals surface area contributed by atoms with Crippen LogP contribution in [-0.4, -0.2) is 34.6 Å². The van der Waals surface area contributed by atoms with Crippen LogP contribution in [0.4, 0.5) is 0 Å². The van der Waals surface area contributed by atoms with Gasteiger partial charge in [-0.2, -0.15) is 0 Å². The Morgan fingerprint density at radius 3 is 2.35 bits per heavy atom. The molecule has 100 valence electrons. The van der Waals surface area contributed by atoms with E-state index in [-0.39, 0.29) is 5.54 Å². The van der Waals surface area contributed by atoms with Gasteiger partial charge >= 0.3 is 5.97 Å². The number of carboxylic acid groups (broad SMARTS) is 1. The van der Waals surface area contributed by atoms with Gasteiger partial charge in [0.1, 0.15) is 0 Å². The second-order valence-corrected chi connectivity index (χ2v) is 5.56. The summed E-state index contributed by atoms with van der Waals surface area (Å²) in [5.41, 5.74) is -0.0994. The molecule has 0 aromatic heterocycles. The van der Waals surface area contributed by atoms with Crippen molar-refractivity contribution in [3.05, 3.63) is 0 Å². The zero-order valence-electron chi connectivity index (χ0n) is 11.5. The number of carboxylic acids is 1. The lowest BCUT2D eigenvalue weighted by Crippen LogP contribution is -2.49. The number of carbonyl (C=O) groups is 1. The molecule has 0 bridgehead atoms. The minimum Gasteiger partial charge on any atom is -0.481 e. The first-order valence-electron chi connectivity index (χ1n) is 7.01. The summed E-state index contributed by atoms with van der Waals surface area (Å²) in [7, 11) is 0. The summed E-state index contributed by atoms with van der Waals surface area (Å²) in [6.07, 6.45) is 5.85. The first-order valence-corrected chi connectivity index (χ1v) is 7.01. The topological polar surface area (TPSA) is 40.5 Å². The van der Waals surface area contributed by atoms with Crippen molar-refractivity contribution in [2.45, 2.75) is 64.8 Å². The molecule has 1 rings (SSSR count). The molecule has 1 aliphatic rings. The highest BCUT2D eigenvalue weighted by atomic mass is 16.4. The standard InChI is InChI=1S/C14H27NO2/c1-4-12(3)10-14(5-2,11-13(16)17)15-8-6-7-9-15/h12H,4-11H2,1-3H3,(H,16,17). The second kappa shape index (κ2) is 6.39. The summed E-state index contributed by atoms with van der Waals surface area (Å²) in [5, 5.41) is 9.20. The van der Waals surface area contributed by atoms with E-state index in [1.54, 1.807) is 0 Å². The summed E-state index contributed by atoms with van der Waals surface area (Å²) in [5.74, 6) is -0.0445. The number of rotatable bonds is 7. The Balaban J connectivity index is 2.82. The van der Waals surface area contributed by atoms with E-state index in [2.05, 4.69) is 25.7 Å². The van der Waals surface area contributed by atoms with Gasteiger partial charge in [0.2, 0.25) is 0 Å².